The van der Waals surface area contributed by atoms with Gasteiger partial charge >= 0.3 is 0 Å². The fraction of sp³-hybridized carbons (Fsp3) is 0.0588. The Morgan fingerprint density at radius 1 is 1.00 bits per heavy atom. The zero-order chi connectivity index (χ0) is 21.3. The van der Waals surface area contributed by atoms with Crippen LogP contribution >= 0.6 is 35.0 Å². The third-order valence-corrected chi connectivity index (χ3v) is 5.48. The number of nitrogens with zero attached hydrogens (tertiary/aromatic N) is 3. The molecule has 0 unspecified atom stereocenters. The van der Waals surface area contributed by atoms with Gasteiger partial charge in [0.15, 0.2) is 0 Å². The van der Waals surface area contributed by atoms with Crippen LogP contribution < -0.4 is 0 Å². The van der Waals surface area contributed by atoms with Crippen LogP contribution in [-0.4, -0.2) is 25.9 Å². The van der Waals surface area contributed by atoms with Gasteiger partial charge < -0.3 is 0 Å². The van der Waals surface area contributed by atoms with Crippen LogP contribution in [0.3, 0.4) is 0 Å². The van der Waals surface area contributed by atoms with E-state index in [1.807, 2.05) is 0 Å². The third kappa shape index (κ3) is 4.24. The molecular weight excluding hydrogens is 445 g/mol. The minimum Gasteiger partial charge on any atom is -0.268 e. The summed E-state index contributed by atoms with van der Waals surface area (Å²) in [7, 11) is 0. The standard InChI is InChI=1S/C17H9Cl2N3O6S/c18-11-7-12(19)14(22(27)28)5-10(11)6-15-16(23)20(17(24)29-15)8-9-3-1-2-4-13(9)21(25)26/h1-7H,8H2/b15-6-. The smallest absolute Gasteiger partial charge is 0.268 e. The van der Waals surface area contributed by atoms with E-state index in [1.54, 1.807) is 6.07 Å². The molecule has 0 bridgehead atoms. The monoisotopic (exact) mass is 453 g/mol. The van der Waals surface area contributed by atoms with Crippen molar-refractivity contribution in [3.63, 3.8) is 0 Å². The van der Waals surface area contributed by atoms with E-state index < -0.39 is 26.7 Å². The van der Waals surface area contributed by atoms with E-state index in [4.69, 9.17) is 23.2 Å². The Morgan fingerprint density at radius 3 is 2.31 bits per heavy atom. The van der Waals surface area contributed by atoms with E-state index in [1.165, 1.54) is 30.3 Å². The van der Waals surface area contributed by atoms with E-state index in [0.29, 0.717) is 11.8 Å². The second-order valence-electron chi connectivity index (χ2n) is 5.74. The summed E-state index contributed by atoms with van der Waals surface area (Å²) < 4.78 is 0. The minimum absolute atomic E-state index is 0.0212. The molecule has 0 spiro atoms. The summed E-state index contributed by atoms with van der Waals surface area (Å²) in [6.45, 7) is -0.284. The Bertz CT molecular complexity index is 1100. The van der Waals surface area contributed by atoms with Crippen LogP contribution in [0.15, 0.2) is 41.3 Å². The van der Waals surface area contributed by atoms with Gasteiger partial charge in [0, 0.05) is 28.3 Å². The summed E-state index contributed by atoms with van der Waals surface area (Å²) in [6.07, 6.45) is 1.25. The predicted octanol–water partition coefficient (Wildman–Crippen LogP) is 5.05. The summed E-state index contributed by atoms with van der Waals surface area (Å²) in [5.41, 5.74) is -0.284. The van der Waals surface area contributed by atoms with Gasteiger partial charge in [0.1, 0.15) is 5.02 Å². The van der Waals surface area contributed by atoms with Gasteiger partial charge in [-0.25, -0.2) is 0 Å². The van der Waals surface area contributed by atoms with Crippen molar-refractivity contribution in [2.24, 2.45) is 0 Å². The largest absolute Gasteiger partial charge is 0.293 e. The van der Waals surface area contributed by atoms with Crippen LogP contribution in [0.4, 0.5) is 16.2 Å². The highest BCUT2D eigenvalue weighted by Crippen LogP contribution is 2.37. The van der Waals surface area contributed by atoms with Crippen LogP contribution in [0.25, 0.3) is 6.08 Å². The number of para-hydroxylation sites is 1. The lowest BCUT2D eigenvalue weighted by Gasteiger charge is -2.12. The average molecular weight is 454 g/mol. The number of halogens is 2. The van der Waals surface area contributed by atoms with Crippen molar-refractivity contribution < 1.29 is 19.4 Å². The zero-order valence-electron chi connectivity index (χ0n) is 14.2. The molecule has 0 atom stereocenters. The number of hydrogen-bond donors (Lipinski definition) is 0. The van der Waals surface area contributed by atoms with E-state index in [-0.39, 0.29) is 38.3 Å². The number of hydrogen-bond acceptors (Lipinski definition) is 7. The molecule has 1 aliphatic heterocycles. The molecule has 2 aromatic rings. The van der Waals surface area contributed by atoms with Crippen LogP contribution in [0.2, 0.25) is 10.0 Å². The molecule has 1 fully saturated rings. The molecule has 148 valence electrons. The zero-order valence-corrected chi connectivity index (χ0v) is 16.5. The number of carbonyl (C=O) groups excluding carboxylic acids is 2. The van der Waals surface area contributed by atoms with Crippen molar-refractivity contribution in [3.8, 4) is 0 Å². The molecule has 0 N–H and O–H groups in total. The highest BCUT2D eigenvalue weighted by molar-refractivity contribution is 8.18. The number of rotatable bonds is 5. The van der Waals surface area contributed by atoms with E-state index in [9.17, 15) is 29.8 Å². The summed E-state index contributed by atoms with van der Waals surface area (Å²) in [6, 6.07) is 8.03. The van der Waals surface area contributed by atoms with Gasteiger partial charge in [0.25, 0.3) is 22.5 Å². The third-order valence-electron chi connectivity index (χ3n) is 3.94. The molecule has 12 heteroatoms. The lowest BCUT2D eigenvalue weighted by Crippen LogP contribution is -2.27. The Balaban J connectivity index is 1.93. The van der Waals surface area contributed by atoms with Crippen molar-refractivity contribution in [1.29, 1.82) is 0 Å². The van der Waals surface area contributed by atoms with Gasteiger partial charge in [-0.2, -0.15) is 0 Å². The predicted molar refractivity (Wildman–Crippen MR) is 108 cm³/mol. The fourth-order valence-electron chi connectivity index (χ4n) is 2.57. The van der Waals surface area contributed by atoms with E-state index >= 15 is 0 Å². The van der Waals surface area contributed by atoms with Gasteiger partial charge in [0.2, 0.25) is 0 Å². The molecule has 2 amide bonds. The molecule has 1 heterocycles. The lowest BCUT2D eigenvalue weighted by molar-refractivity contribution is -0.385. The van der Waals surface area contributed by atoms with Crippen LogP contribution in [0, 0.1) is 20.2 Å². The Morgan fingerprint density at radius 2 is 1.66 bits per heavy atom. The highest BCUT2D eigenvalue weighted by atomic mass is 35.5. The Kier molecular flexibility index (Phi) is 5.87. The highest BCUT2D eigenvalue weighted by Gasteiger charge is 2.36. The van der Waals surface area contributed by atoms with Crippen LogP contribution in [-0.2, 0) is 11.3 Å². The summed E-state index contributed by atoms with van der Waals surface area (Å²) in [5, 5.41) is 21.5. The maximum absolute atomic E-state index is 12.6. The Hall–Kier alpha value is -2.95. The van der Waals surface area contributed by atoms with Crippen molar-refractivity contribution in [2.75, 3.05) is 0 Å². The molecule has 2 aromatic carbocycles. The first-order chi connectivity index (χ1) is 13.7. The summed E-state index contributed by atoms with van der Waals surface area (Å²) in [5.74, 6) is -0.688. The maximum Gasteiger partial charge on any atom is 0.293 e. The second kappa shape index (κ2) is 8.19. The van der Waals surface area contributed by atoms with Crippen molar-refractivity contribution in [3.05, 3.63) is 82.7 Å². The van der Waals surface area contributed by atoms with Gasteiger partial charge in [-0.15, -0.1) is 0 Å². The summed E-state index contributed by atoms with van der Waals surface area (Å²) in [4.78, 5) is 46.6. The SMILES string of the molecule is O=C1S/C(=C\c2cc([N+](=O)[O-])c(Cl)cc2Cl)C(=O)N1Cc1ccccc1[N+](=O)[O-]. The van der Waals surface area contributed by atoms with E-state index in [2.05, 4.69) is 0 Å². The second-order valence-corrected chi connectivity index (χ2v) is 7.54. The number of amides is 2. The van der Waals surface area contributed by atoms with Crippen molar-refractivity contribution in [1.82, 2.24) is 4.90 Å². The molecular formula is C17H9Cl2N3O6S. The average Bonchev–Trinajstić information content (AvgIpc) is 2.91. The molecule has 0 aliphatic carbocycles. The topological polar surface area (TPSA) is 124 Å². The molecule has 29 heavy (non-hydrogen) atoms. The van der Waals surface area contributed by atoms with Crippen molar-refractivity contribution in [2.45, 2.75) is 6.54 Å². The lowest BCUT2D eigenvalue weighted by atomic mass is 10.1. The molecule has 0 radical (unpaired) electrons. The summed E-state index contributed by atoms with van der Waals surface area (Å²) >= 11 is 12.4. The van der Waals surface area contributed by atoms with Gasteiger partial charge in [-0.1, -0.05) is 41.4 Å². The molecule has 1 saturated heterocycles. The molecule has 1 aliphatic rings. The number of imide groups is 1. The van der Waals surface area contributed by atoms with Gasteiger partial charge in [0.05, 0.1) is 21.3 Å². The molecule has 9 nitrogen and oxygen atoms in total. The van der Waals surface area contributed by atoms with Gasteiger partial charge in [-0.3, -0.25) is 34.7 Å². The number of nitro benzene ring substituents is 2. The molecule has 0 aromatic heterocycles. The molecule has 0 saturated carbocycles. The maximum atomic E-state index is 12.6. The quantitative estimate of drug-likeness (QED) is 0.352. The minimum atomic E-state index is -0.698. The first kappa shape index (κ1) is 20.8. The fourth-order valence-corrected chi connectivity index (χ4v) is 3.91. The first-order valence-corrected chi connectivity index (χ1v) is 9.37. The molecule has 3 rings (SSSR count). The number of benzene rings is 2. The van der Waals surface area contributed by atoms with Crippen LogP contribution in [0.5, 0.6) is 0 Å². The van der Waals surface area contributed by atoms with Crippen molar-refractivity contribution >= 4 is 63.6 Å². The number of carbonyl (C=O) groups is 2. The Labute approximate surface area is 177 Å². The number of thioether (sulfide) groups is 1. The normalized spacial score (nSPS) is 15.2. The first-order valence-electron chi connectivity index (χ1n) is 7.80. The van der Waals surface area contributed by atoms with Crippen LogP contribution in [0.1, 0.15) is 11.1 Å². The van der Waals surface area contributed by atoms with E-state index in [0.717, 1.165) is 11.0 Å². The van der Waals surface area contributed by atoms with Gasteiger partial charge in [-0.05, 0) is 23.9 Å². The number of nitro groups is 2.